The molecule has 0 spiro atoms. The zero-order valence-corrected chi connectivity index (χ0v) is 13.3. The molecule has 0 unspecified atom stereocenters. The van der Waals surface area contributed by atoms with Crippen LogP contribution in [0.5, 0.6) is 11.5 Å². The summed E-state index contributed by atoms with van der Waals surface area (Å²) in [6.07, 6.45) is 2.40. The van der Waals surface area contributed by atoms with Crippen LogP contribution in [0.1, 0.15) is 23.9 Å². The Balaban J connectivity index is 1.89. The third-order valence-electron chi connectivity index (χ3n) is 3.55. The molecule has 0 N–H and O–H groups in total. The number of aromatic nitrogens is 1. The summed E-state index contributed by atoms with van der Waals surface area (Å²) in [6.45, 7) is 3.10. The van der Waals surface area contributed by atoms with Crippen molar-refractivity contribution in [2.75, 3.05) is 6.79 Å². The maximum atomic E-state index is 12.2. The van der Waals surface area contributed by atoms with Gasteiger partial charge in [0.2, 0.25) is 6.79 Å². The van der Waals surface area contributed by atoms with Gasteiger partial charge in [-0.25, -0.2) is 0 Å². The highest BCUT2D eigenvalue weighted by Crippen LogP contribution is 2.37. The topological polar surface area (TPSA) is 66.0 Å². The summed E-state index contributed by atoms with van der Waals surface area (Å²) in [4.78, 5) is 17.1. The van der Waals surface area contributed by atoms with Crippen molar-refractivity contribution in [3.8, 4) is 11.5 Å². The lowest BCUT2D eigenvalue weighted by Crippen LogP contribution is -2.16. The first kappa shape index (κ1) is 14.1. The summed E-state index contributed by atoms with van der Waals surface area (Å²) in [6, 6.07) is 7.16. The fraction of sp³-hybridized carbons (Fsp3) is 0.250. The van der Waals surface area contributed by atoms with Crippen molar-refractivity contribution in [2.24, 2.45) is 4.99 Å². The number of rotatable bonds is 3. The molecular formula is C16H14N2O4S. The minimum Gasteiger partial charge on any atom is -0.459 e. The predicted octanol–water partition coefficient (Wildman–Crippen LogP) is 3.18. The van der Waals surface area contributed by atoms with Crippen molar-refractivity contribution in [1.29, 1.82) is 0 Å². The van der Waals surface area contributed by atoms with Crippen LogP contribution in [0.2, 0.25) is 0 Å². The molecule has 0 saturated heterocycles. The second-order valence-electron chi connectivity index (χ2n) is 5.10. The summed E-state index contributed by atoms with van der Waals surface area (Å²) in [5.74, 6) is 1.31. The normalized spacial score (nSPS) is 13.9. The Morgan fingerprint density at radius 1 is 1.35 bits per heavy atom. The zero-order chi connectivity index (χ0) is 15.8. The van der Waals surface area contributed by atoms with E-state index >= 15 is 0 Å². The van der Waals surface area contributed by atoms with Gasteiger partial charge in [0.1, 0.15) is 0 Å². The molecule has 0 fully saturated rings. The highest BCUT2D eigenvalue weighted by molar-refractivity contribution is 7.16. The van der Waals surface area contributed by atoms with Gasteiger partial charge in [0.25, 0.3) is 0 Å². The first-order valence-corrected chi connectivity index (χ1v) is 8.13. The quantitative estimate of drug-likeness (QED) is 0.740. The predicted molar refractivity (Wildman–Crippen MR) is 84.8 cm³/mol. The molecule has 0 radical (unpaired) electrons. The molecule has 7 heteroatoms. The van der Waals surface area contributed by atoms with E-state index in [9.17, 15) is 4.79 Å². The summed E-state index contributed by atoms with van der Waals surface area (Å²) < 4.78 is 19.0. The Bertz CT molecular complexity index is 937. The van der Waals surface area contributed by atoms with Gasteiger partial charge in [0, 0.05) is 18.7 Å². The van der Waals surface area contributed by atoms with Crippen LogP contribution in [0.25, 0.3) is 10.2 Å². The Labute approximate surface area is 135 Å². The molecule has 0 saturated carbocycles. The maximum Gasteiger partial charge on any atom is 0.315 e. The third kappa shape index (κ3) is 2.43. The van der Waals surface area contributed by atoms with E-state index in [0.717, 1.165) is 34.7 Å². The first-order valence-electron chi connectivity index (χ1n) is 7.32. The van der Waals surface area contributed by atoms with Crippen molar-refractivity contribution in [1.82, 2.24) is 4.57 Å². The van der Waals surface area contributed by atoms with E-state index in [0.29, 0.717) is 4.80 Å². The van der Waals surface area contributed by atoms with Crippen molar-refractivity contribution >= 4 is 27.5 Å². The van der Waals surface area contributed by atoms with Crippen LogP contribution < -0.4 is 14.3 Å². The molecule has 0 aliphatic carbocycles. The van der Waals surface area contributed by atoms with Gasteiger partial charge in [-0.1, -0.05) is 18.3 Å². The Kier molecular flexibility index (Phi) is 3.42. The average Bonchev–Trinajstić information content (AvgIpc) is 3.26. The molecule has 3 heterocycles. The molecular weight excluding hydrogens is 316 g/mol. The van der Waals surface area contributed by atoms with E-state index in [-0.39, 0.29) is 18.5 Å². The summed E-state index contributed by atoms with van der Waals surface area (Å²) in [7, 11) is 0. The molecule has 6 nitrogen and oxygen atoms in total. The van der Waals surface area contributed by atoms with Crippen LogP contribution in [0.15, 0.2) is 39.9 Å². The van der Waals surface area contributed by atoms with Crippen LogP contribution in [-0.4, -0.2) is 17.3 Å². The second kappa shape index (κ2) is 5.58. The molecule has 23 heavy (non-hydrogen) atoms. The highest BCUT2D eigenvalue weighted by Gasteiger charge is 2.18. The molecule has 1 aliphatic heterocycles. The number of thiazole rings is 1. The van der Waals surface area contributed by atoms with Gasteiger partial charge in [-0.3, -0.25) is 4.79 Å². The van der Waals surface area contributed by atoms with E-state index in [2.05, 4.69) is 11.9 Å². The van der Waals surface area contributed by atoms with Gasteiger partial charge < -0.3 is 18.5 Å². The second-order valence-corrected chi connectivity index (χ2v) is 6.11. The van der Waals surface area contributed by atoms with E-state index in [1.807, 2.05) is 16.7 Å². The number of carbonyl (C=O) groups is 1. The molecule has 0 bridgehead atoms. The largest absolute Gasteiger partial charge is 0.459 e. The lowest BCUT2D eigenvalue weighted by atomic mass is 10.3. The monoisotopic (exact) mass is 330 g/mol. The zero-order valence-electron chi connectivity index (χ0n) is 12.4. The number of hydrogen-bond donors (Lipinski definition) is 0. The van der Waals surface area contributed by atoms with Crippen molar-refractivity contribution in [2.45, 2.75) is 19.9 Å². The minimum atomic E-state index is -0.383. The number of benzene rings is 1. The fourth-order valence-corrected chi connectivity index (χ4v) is 3.59. The minimum absolute atomic E-state index is 0.236. The maximum absolute atomic E-state index is 12.2. The third-order valence-corrected chi connectivity index (χ3v) is 4.59. The highest BCUT2D eigenvalue weighted by atomic mass is 32.1. The number of furan rings is 1. The van der Waals surface area contributed by atoms with Crippen LogP contribution in [0.3, 0.4) is 0 Å². The SMILES string of the molecule is CCCn1c(=NC(=O)c2ccco2)sc2cc3c(cc21)OCO3. The number of carbonyl (C=O) groups excluding carboxylic acids is 1. The van der Waals surface area contributed by atoms with Gasteiger partial charge in [0.05, 0.1) is 16.5 Å². The Morgan fingerprint density at radius 3 is 2.91 bits per heavy atom. The van der Waals surface area contributed by atoms with Crippen LogP contribution >= 0.6 is 11.3 Å². The molecule has 3 aromatic rings. The van der Waals surface area contributed by atoms with E-state index in [1.54, 1.807) is 12.1 Å². The average molecular weight is 330 g/mol. The molecule has 1 amide bonds. The van der Waals surface area contributed by atoms with E-state index < -0.39 is 0 Å². The first-order chi connectivity index (χ1) is 11.3. The number of hydrogen-bond acceptors (Lipinski definition) is 5. The Morgan fingerprint density at radius 2 is 2.17 bits per heavy atom. The van der Waals surface area contributed by atoms with Gasteiger partial charge >= 0.3 is 5.91 Å². The molecule has 0 atom stereocenters. The smallest absolute Gasteiger partial charge is 0.315 e. The van der Waals surface area contributed by atoms with Crippen molar-refractivity contribution in [3.05, 3.63) is 41.1 Å². The van der Waals surface area contributed by atoms with Crippen molar-refractivity contribution in [3.63, 3.8) is 0 Å². The fourth-order valence-electron chi connectivity index (χ4n) is 2.53. The number of aryl methyl sites for hydroxylation is 1. The number of fused-ring (bicyclic) bond motifs is 2. The summed E-state index contributed by atoms with van der Waals surface area (Å²) in [5.41, 5.74) is 0.993. The molecule has 4 rings (SSSR count). The molecule has 1 aromatic carbocycles. The standard InChI is InChI=1S/C16H14N2O4S/c1-2-5-18-10-7-12-13(22-9-21-12)8-14(10)23-16(18)17-15(19)11-4-3-6-20-11/h3-4,6-8H,2,5,9H2,1H3. The number of amides is 1. The van der Waals surface area contributed by atoms with Gasteiger partial charge in [-0.15, -0.1) is 0 Å². The molecule has 118 valence electrons. The van der Waals surface area contributed by atoms with Crippen LogP contribution in [-0.2, 0) is 6.54 Å². The summed E-state index contributed by atoms with van der Waals surface area (Å²) >= 11 is 1.45. The number of nitrogens with zero attached hydrogens (tertiary/aromatic N) is 2. The van der Waals surface area contributed by atoms with E-state index in [1.165, 1.54) is 17.6 Å². The molecule has 2 aromatic heterocycles. The van der Waals surface area contributed by atoms with Gasteiger partial charge in [-0.05, 0) is 18.6 Å². The Hall–Kier alpha value is -2.54. The lowest BCUT2D eigenvalue weighted by molar-refractivity contribution is 0.0971. The van der Waals surface area contributed by atoms with Gasteiger partial charge in [0.15, 0.2) is 22.1 Å². The number of ether oxygens (including phenoxy) is 2. The lowest BCUT2D eigenvalue weighted by Gasteiger charge is -2.03. The van der Waals surface area contributed by atoms with Crippen LogP contribution in [0, 0.1) is 0 Å². The molecule has 1 aliphatic rings. The summed E-state index contributed by atoms with van der Waals surface area (Å²) in [5, 5.41) is 0. The van der Waals surface area contributed by atoms with Crippen molar-refractivity contribution < 1.29 is 18.7 Å². The van der Waals surface area contributed by atoms with Crippen LogP contribution in [0.4, 0.5) is 0 Å². The van der Waals surface area contributed by atoms with E-state index in [4.69, 9.17) is 13.9 Å². The van der Waals surface area contributed by atoms with Gasteiger partial charge in [-0.2, -0.15) is 4.99 Å².